The molecule has 0 aliphatic rings. The number of hydrogen-bond donors (Lipinski definition) is 1. The highest BCUT2D eigenvalue weighted by Crippen LogP contribution is 2.28. The van der Waals surface area contributed by atoms with Crippen LogP contribution in [0.4, 0.5) is 0 Å². The zero-order chi connectivity index (χ0) is 15.8. The lowest BCUT2D eigenvalue weighted by Crippen LogP contribution is -2.16. The molecule has 22 heavy (non-hydrogen) atoms. The van der Waals surface area contributed by atoms with Gasteiger partial charge in [0.25, 0.3) is 0 Å². The van der Waals surface area contributed by atoms with Crippen molar-refractivity contribution in [2.45, 2.75) is 32.9 Å². The van der Waals surface area contributed by atoms with Crippen molar-refractivity contribution in [2.24, 2.45) is 0 Å². The van der Waals surface area contributed by atoms with Crippen molar-refractivity contribution in [3.8, 4) is 11.5 Å². The third-order valence-electron chi connectivity index (χ3n) is 3.35. The minimum atomic E-state index is 0.142. The van der Waals surface area contributed by atoms with Gasteiger partial charge in [-0.05, 0) is 50.1 Å². The van der Waals surface area contributed by atoms with Gasteiger partial charge < -0.3 is 14.8 Å². The highest BCUT2D eigenvalue weighted by Gasteiger charge is 2.07. The van der Waals surface area contributed by atoms with Crippen molar-refractivity contribution in [3.05, 3.63) is 59.7 Å². The van der Waals surface area contributed by atoms with Crippen LogP contribution >= 0.6 is 0 Å². The predicted octanol–water partition coefficient (Wildman–Crippen LogP) is 3.81. The van der Waals surface area contributed by atoms with E-state index in [0.29, 0.717) is 0 Å². The van der Waals surface area contributed by atoms with E-state index < -0.39 is 0 Å². The molecule has 0 bridgehead atoms. The van der Waals surface area contributed by atoms with Gasteiger partial charge in [0.2, 0.25) is 0 Å². The average Bonchev–Trinajstić information content (AvgIpc) is 2.53. The van der Waals surface area contributed by atoms with Crippen LogP contribution in [0.25, 0.3) is 0 Å². The van der Waals surface area contributed by atoms with Gasteiger partial charge in [-0.15, -0.1) is 0 Å². The van der Waals surface area contributed by atoms with Gasteiger partial charge in [0.05, 0.1) is 13.2 Å². The molecule has 1 N–H and O–H groups in total. The average molecular weight is 299 g/mol. The minimum Gasteiger partial charge on any atom is -0.493 e. The SMILES string of the molecule is COc1cc(CNCCc2ccccc2)ccc1OC(C)C. The standard InChI is InChI=1S/C19H25NO2/c1-15(2)22-18-10-9-17(13-19(18)21-3)14-20-12-11-16-7-5-4-6-8-16/h4-10,13,15,20H,11-12,14H2,1-3H3. The molecule has 0 fully saturated rings. The molecule has 2 aromatic carbocycles. The van der Waals surface area contributed by atoms with E-state index >= 15 is 0 Å². The molecule has 0 unspecified atom stereocenters. The summed E-state index contributed by atoms with van der Waals surface area (Å²) >= 11 is 0. The Morgan fingerprint density at radius 2 is 1.73 bits per heavy atom. The minimum absolute atomic E-state index is 0.142. The van der Waals surface area contributed by atoms with E-state index in [4.69, 9.17) is 9.47 Å². The number of nitrogens with one attached hydrogen (secondary N) is 1. The number of benzene rings is 2. The second-order valence-electron chi connectivity index (χ2n) is 5.56. The van der Waals surface area contributed by atoms with Gasteiger partial charge in [0.15, 0.2) is 11.5 Å². The van der Waals surface area contributed by atoms with Crippen LogP contribution in [0.2, 0.25) is 0 Å². The Balaban J connectivity index is 1.85. The lowest BCUT2D eigenvalue weighted by molar-refractivity contribution is 0.230. The molecular formula is C19H25NO2. The van der Waals surface area contributed by atoms with Gasteiger partial charge in [-0.3, -0.25) is 0 Å². The second kappa shape index (κ2) is 8.44. The Morgan fingerprint density at radius 1 is 0.955 bits per heavy atom. The van der Waals surface area contributed by atoms with Crippen molar-refractivity contribution in [2.75, 3.05) is 13.7 Å². The molecule has 0 spiro atoms. The maximum absolute atomic E-state index is 5.73. The van der Waals surface area contributed by atoms with Crippen LogP contribution < -0.4 is 14.8 Å². The normalized spacial score (nSPS) is 10.7. The van der Waals surface area contributed by atoms with E-state index in [2.05, 4.69) is 35.6 Å². The quantitative estimate of drug-likeness (QED) is 0.752. The van der Waals surface area contributed by atoms with Crippen LogP contribution in [0.1, 0.15) is 25.0 Å². The van der Waals surface area contributed by atoms with Crippen molar-refractivity contribution in [1.29, 1.82) is 0 Å². The summed E-state index contributed by atoms with van der Waals surface area (Å²) in [5.41, 5.74) is 2.55. The summed E-state index contributed by atoms with van der Waals surface area (Å²) < 4.78 is 11.1. The first-order chi connectivity index (χ1) is 10.7. The third-order valence-corrected chi connectivity index (χ3v) is 3.35. The lowest BCUT2D eigenvalue weighted by atomic mass is 10.1. The zero-order valence-electron chi connectivity index (χ0n) is 13.6. The molecule has 3 nitrogen and oxygen atoms in total. The van der Waals surface area contributed by atoms with Crippen LogP contribution in [0.5, 0.6) is 11.5 Å². The fourth-order valence-corrected chi connectivity index (χ4v) is 2.28. The molecule has 0 aromatic heterocycles. The molecule has 2 aromatic rings. The summed E-state index contributed by atoms with van der Waals surface area (Å²) in [5, 5.41) is 3.47. The van der Waals surface area contributed by atoms with E-state index in [9.17, 15) is 0 Å². The molecule has 0 aliphatic heterocycles. The lowest BCUT2D eigenvalue weighted by Gasteiger charge is -2.14. The van der Waals surface area contributed by atoms with E-state index in [1.807, 2.05) is 32.0 Å². The largest absolute Gasteiger partial charge is 0.493 e. The topological polar surface area (TPSA) is 30.5 Å². The highest BCUT2D eigenvalue weighted by atomic mass is 16.5. The molecule has 0 aliphatic carbocycles. The smallest absolute Gasteiger partial charge is 0.161 e. The van der Waals surface area contributed by atoms with Crippen LogP contribution in [0.3, 0.4) is 0 Å². The predicted molar refractivity (Wildman–Crippen MR) is 90.6 cm³/mol. The van der Waals surface area contributed by atoms with Gasteiger partial charge in [0, 0.05) is 6.54 Å². The zero-order valence-corrected chi connectivity index (χ0v) is 13.6. The Labute approximate surface area is 133 Å². The molecule has 0 saturated heterocycles. The van der Waals surface area contributed by atoms with Gasteiger partial charge in [0.1, 0.15) is 0 Å². The monoisotopic (exact) mass is 299 g/mol. The number of ether oxygens (including phenoxy) is 2. The summed E-state index contributed by atoms with van der Waals surface area (Å²) in [7, 11) is 1.68. The molecule has 0 heterocycles. The highest BCUT2D eigenvalue weighted by molar-refractivity contribution is 5.43. The first-order valence-electron chi connectivity index (χ1n) is 7.77. The fourth-order valence-electron chi connectivity index (χ4n) is 2.28. The second-order valence-corrected chi connectivity index (χ2v) is 5.56. The molecule has 0 amide bonds. The Kier molecular flexibility index (Phi) is 6.28. The van der Waals surface area contributed by atoms with Crippen LogP contribution in [-0.4, -0.2) is 19.8 Å². The van der Waals surface area contributed by atoms with Gasteiger partial charge in [-0.2, -0.15) is 0 Å². The third kappa shape index (κ3) is 5.08. The Hall–Kier alpha value is -2.00. The van der Waals surface area contributed by atoms with E-state index in [-0.39, 0.29) is 6.10 Å². The maximum Gasteiger partial charge on any atom is 0.161 e. The van der Waals surface area contributed by atoms with E-state index in [1.54, 1.807) is 7.11 Å². The summed E-state index contributed by atoms with van der Waals surface area (Å²) in [4.78, 5) is 0. The summed E-state index contributed by atoms with van der Waals surface area (Å²) in [6, 6.07) is 16.6. The summed E-state index contributed by atoms with van der Waals surface area (Å²) in [6.07, 6.45) is 1.18. The Morgan fingerprint density at radius 3 is 2.41 bits per heavy atom. The summed E-state index contributed by atoms with van der Waals surface area (Å²) in [5.74, 6) is 1.58. The maximum atomic E-state index is 5.73. The van der Waals surface area contributed by atoms with Crippen molar-refractivity contribution < 1.29 is 9.47 Å². The number of rotatable bonds is 8. The van der Waals surface area contributed by atoms with Gasteiger partial charge >= 0.3 is 0 Å². The number of hydrogen-bond acceptors (Lipinski definition) is 3. The molecule has 0 radical (unpaired) electrons. The van der Waals surface area contributed by atoms with Crippen molar-refractivity contribution >= 4 is 0 Å². The van der Waals surface area contributed by atoms with Crippen LogP contribution in [0, 0.1) is 0 Å². The van der Waals surface area contributed by atoms with Crippen molar-refractivity contribution in [1.82, 2.24) is 5.32 Å². The first-order valence-corrected chi connectivity index (χ1v) is 7.77. The molecule has 0 saturated carbocycles. The first kappa shape index (κ1) is 16.4. The molecule has 2 rings (SSSR count). The molecule has 3 heteroatoms. The van der Waals surface area contributed by atoms with E-state index in [1.165, 1.54) is 11.1 Å². The van der Waals surface area contributed by atoms with Gasteiger partial charge in [-0.1, -0.05) is 36.4 Å². The molecule has 118 valence electrons. The molecule has 0 atom stereocenters. The molecular weight excluding hydrogens is 274 g/mol. The Bertz CT molecular complexity index is 567. The van der Waals surface area contributed by atoms with E-state index in [0.717, 1.165) is 31.0 Å². The van der Waals surface area contributed by atoms with Crippen LogP contribution in [0.15, 0.2) is 48.5 Å². The fraction of sp³-hybridized carbons (Fsp3) is 0.368. The van der Waals surface area contributed by atoms with Crippen LogP contribution in [-0.2, 0) is 13.0 Å². The number of methoxy groups -OCH3 is 1. The van der Waals surface area contributed by atoms with Crippen molar-refractivity contribution in [3.63, 3.8) is 0 Å². The summed E-state index contributed by atoms with van der Waals surface area (Å²) in [6.45, 7) is 5.80. The van der Waals surface area contributed by atoms with Gasteiger partial charge in [-0.25, -0.2) is 0 Å².